The highest BCUT2D eigenvalue weighted by Crippen LogP contribution is 2.19. The molecule has 0 amide bonds. The smallest absolute Gasteiger partial charge is 0.301 e. The first kappa shape index (κ1) is 18.3. The summed E-state index contributed by atoms with van der Waals surface area (Å²) in [5.41, 5.74) is 0.968. The molecule has 2 rings (SSSR count). The van der Waals surface area contributed by atoms with Crippen LogP contribution < -0.4 is 0 Å². The molecule has 1 atom stereocenters. The molecule has 0 aliphatic rings. The van der Waals surface area contributed by atoms with Gasteiger partial charge in [-0.2, -0.15) is 8.78 Å². The lowest BCUT2D eigenvalue weighted by molar-refractivity contribution is 0.132. The van der Waals surface area contributed by atoms with E-state index in [9.17, 15) is 17.4 Å². The van der Waals surface area contributed by atoms with Crippen LogP contribution in [0.2, 0.25) is 0 Å². The quantitative estimate of drug-likeness (QED) is 0.512. The van der Waals surface area contributed by atoms with Gasteiger partial charge in [0.25, 0.3) is 0 Å². The molecule has 0 aliphatic heterocycles. The predicted molar refractivity (Wildman–Crippen MR) is 87.2 cm³/mol. The minimum atomic E-state index is -2.38. The van der Waals surface area contributed by atoms with Gasteiger partial charge in [0, 0.05) is 18.4 Å². The van der Waals surface area contributed by atoms with Crippen molar-refractivity contribution in [2.75, 3.05) is 5.75 Å². The van der Waals surface area contributed by atoms with Crippen molar-refractivity contribution in [1.82, 2.24) is 4.98 Å². The third-order valence-electron chi connectivity index (χ3n) is 2.74. The van der Waals surface area contributed by atoms with Crippen LogP contribution in [-0.2, 0) is 22.2 Å². The highest BCUT2D eigenvalue weighted by atomic mass is 32.2. The van der Waals surface area contributed by atoms with Gasteiger partial charge in [0.05, 0.1) is 21.9 Å². The van der Waals surface area contributed by atoms with Gasteiger partial charge in [0.1, 0.15) is 6.61 Å². The zero-order chi connectivity index (χ0) is 17.4. The monoisotopic (exact) mass is 374 g/mol. The first-order chi connectivity index (χ1) is 11.6. The standard InChI is InChI=1S/C15H13F3N2O2S2/c16-13(14(17)18)6-7-24(21)15-19-8-12(23-15)9-20-22-10-11-4-2-1-3-5-11/h1-5,8-9H,6-7,10H2/b20-9+. The minimum Gasteiger partial charge on any atom is -0.391 e. The molecule has 9 heteroatoms. The Labute approximate surface area is 143 Å². The number of oxime groups is 1. The third kappa shape index (κ3) is 5.89. The summed E-state index contributed by atoms with van der Waals surface area (Å²) in [5, 5.41) is 3.79. The van der Waals surface area contributed by atoms with Gasteiger partial charge < -0.3 is 4.84 Å². The maximum absolute atomic E-state index is 12.7. The van der Waals surface area contributed by atoms with Crippen LogP contribution in [0.15, 0.2) is 57.9 Å². The van der Waals surface area contributed by atoms with Gasteiger partial charge in [0.2, 0.25) is 0 Å². The Balaban J connectivity index is 1.83. The van der Waals surface area contributed by atoms with E-state index in [-0.39, 0.29) is 10.1 Å². The summed E-state index contributed by atoms with van der Waals surface area (Å²) in [6.45, 7) is 0.315. The number of rotatable bonds is 8. The number of benzene rings is 1. The molecule has 0 fully saturated rings. The highest BCUT2D eigenvalue weighted by molar-refractivity contribution is 7.87. The van der Waals surface area contributed by atoms with Crippen molar-refractivity contribution in [3.63, 3.8) is 0 Å². The second-order valence-electron chi connectivity index (χ2n) is 4.49. The molecule has 0 N–H and O–H groups in total. The van der Waals surface area contributed by atoms with Crippen LogP contribution >= 0.6 is 11.3 Å². The number of hydrogen-bond acceptors (Lipinski definition) is 5. The van der Waals surface area contributed by atoms with Crippen molar-refractivity contribution >= 4 is 28.4 Å². The van der Waals surface area contributed by atoms with Gasteiger partial charge >= 0.3 is 6.08 Å². The molecule has 2 aromatic rings. The van der Waals surface area contributed by atoms with Crippen molar-refractivity contribution in [1.29, 1.82) is 0 Å². The summed E-state index contributed by atoms with van der Waals surface area (Å²) in [5.74, 6) is -1.80. The molecule has 0 radical (unpaired) electrons. The summed E-state index contributed by atoms with van der Waals surface area (Å²) in [6, 6.07) is 9.48. The fourth-order valence-corrected chi connectivity index (χ4v) is 3.70. The van der Waals surface area contributed by atoms with Crippen LogP contribution in [0.3, 0.4) is 0 Å². The normalized spacial score (nSPS) is 12.3. The Bertz CT molecular complexity index is 744. The molecule has 1 aromatic carbocycles. The Morgan fingerprint density at radius 2 is 2.04 bits per heavy atom. The van der Waals surface area contributed by atoms with E-state index >= 15 is 0 Å². The lowest BCUT2D eigenvalue weighted by Gasteiger charge is -1.97. The van der Waals surface area contributed by atoms with E-state index in [0.29, 0.717) is 11.5 Å². The average molecular weight is 374 g/mol. The zero-order valence-electron chi connectivity index (χ0n) is 12.3. The number of allylic oxidation sites excluding steroid dienone is 1. The maximum atomic E-state index is 12.7. The molecular formula is C15H13F3N2O2S2. The summed E-state index contributed by atoms with van der Waals surface area (Å²) < 4.78 is 48.7. The topological polar surface area (TPSA) is 51.5 Å². The lowest BCUT2D eigenvalue weighted by Crippen LogP contribution is -1.98. The van der Waals surface area contributed by atoms with E-state index in [1.807, 2.05) is 30.3 Å². The molecule has 4 nitrogen and oxygen atoms in total. The molecule has 0 saturated heterocycles. The molecule has 1 aromatic heterocycles. The molecule has 0 saturated carbocycles. The largest absolute Gasteiger partial charge is 0.391 e. The molecule has 0 bridgehead atoms. The van der Waals surface area contributed by atoms with Crippen LogP contribution in [-0.4, -0.2) is 21.2 Å². The Kier molecular flexibility index (Phi) is 7.13. The molecule has 24 heavy (non-hydrogen) atoms. The molecule has 128 valence electrons. The molecule has 0 aliphatic carbocycles. The average Bonchev–Trinajstić information content (AvgIpc) is 3.06. The van der Waals surface area contributed by atoms with Crippen molar-refractivity contribution in [3.8, 4) is 0 Å². The highest BCUT2D eigenvalue weighted by Gasteiger charge is 2.12. The van der Waals surface area contributed by atoms with E-state index in [0.717, 1.165) is 16.9 Å². The van der Waals surface area contributed by atoms with Gasteiger partial charge in [-0.15, -0.1) is 11.3 Å². The Morgan fingerprint density at radius 1 is 1.29 bits per heavy atom. The van der Waals surface area contributed by atoms with Gasteiger partial charge in [-0.25, -0.2) is 9.37 Å². The molecule has 0 spiro atoms. The molecular weight excluding hydrogens is 361 g/mol. The zero-order valence-corrected chi connectivity index (χ0v) is 14.0. The number of halogens is 3. The first-order valence-corrected chi connectivity index (χ1v) is 8.93. The van der Waals surface area contributed by atoms with E-state index < -0.39 is 29.1 Å². The molecule has 1 unspecified atom stereocenters. The number of thiazole rings is 1. The van der Waals surface area contributed by atoms with Crippen molar-refractivity contribution in [2.45, 2.75) is 17.4 Å². The fourth-order valence-electron chi connectivity index (χ4n) is 1.57. The van der Waals surface area contributed by atoms with Gasteiger partial charge in [-0.1, -0.05) is 35.5 Å². The van der Waals surface area contributed by atoms with Gasteiger partial charge in [-0.3, -0.25) is 4.21 Å². The fraction of sp³-hybridized carbons (Fsp3) is 0.200. The number of aromatic nitrogens is 1. The van der Waals surface area contributed by atoms with Crippen LogP contribution in [0.25, 0.3) is 0 Å². The minimum absolute atomic E-state index is 0.228. The van der Waals surface area contributed by atoms with Gasteiger partial charge in [0.15, 0.2) is 10.2 Å². The third-order valence-corrected chi connectivity index (χ3v) is 5.34. The second-order valence-corrected chi connectivity index (χ2v) is 7.29. The maximum Gasteiger partial charge on any atom is 0.301 e. The Morgan fingerprint density at radius 3 is 2.75 bits per heavy atom. The van der Waals surface area contributed by atoms with Crippen molar-refractivity contribution < 1.29 is 22.2 Å². The summed E-state index contributed by atoms with van der Waals surface area (Å²) in [6.07, 6.45) is -0.106. The van der Waals surface area contributed by atoms with E-state index in [1.54, 1.807) is 0 Å². The van der Waals surface area contributed by atoms with E-state index in [1.165, 1.54) is 12.4 Å². The second kappa shape index (κ2) is 9.33. The van der Waals surface area contributed by atoms with Crippen LogP contribution in [0.1, 0.15) is 16.9 Å². The SMILES string of the molecule is O=S(CCC(F)=C(F)F)c1ncc(/C=N/OCc2ccccc2)s1. The van der Waals surface area contributed by atoms with E-state index in [2.05, 4.69) is 10.1 Å². The van der Waals surface area contributed by atoms with Crippen LogP contribution in [0.5, 0.6) is 0 Å². The predicted octanol–water partition coefficient (Wildman–Crippen LogP) is 4.27. The van der Waals surface area contributed by atoms with Gasteiger partial charge in [-0.05, 0) is 5.56 Å². The summed E-state index contributed by atoms with van der Waals surface area (Å²) in [4.78, 5) is 9.65. The summed E-state index contributed by atoms with van der Waals surface area (Å²) in [7, 11) is -1.64. The molecule has 1 heterocycles. The van der Waals surface area contributed by atoms with E-state index in [4.69, 9.17) is 4.84 Å². The van der Waals surface area contributed by atoms with Crippen molar-refractivity contribution in [2.24, 2.45) is 5.16 Å². The summed E-state index contributed by atoms with van der Waals surface area (Å²) >= 11 is 1.08. The first-order valence-electron chi connectivity index (χ1n) is 6.79. The number of hydrogen-bond donors (Lipinski definition) is 0. The lowest BCUT2D eigenvalue weighted by atomic mass is 10.2. The number of nitrogens with zero attached hydrogens (tertiary/aromatic N) is 2. The van der Waals surface area contributed by atoms with Crippen LogP contribution in [0, 0.1) is 0 Å². The Hall–Kier alpha value is -2.00. The van der Waals surface area contributed by atoms with Crippen molar-refractivity contribution in [3.05, 3.63) is 58.9 Å². The van der Waals surface area contributed by atoms with Crippen LogP contribution in [0.4, 0.5) is 13.2 Å².